The molecule has 0 aliphatic rings. The molecule has 0 spiro atoms. The second-order valence-electron chi connectivity index (χ2n) is 18.2. The van der Waals surface area contributed by atoms with Crippen molar-refractivity contribution in [2.24, 2.45) is 0 Å². The third kappa shape index (κ3) is 47.2. The minimum atomic E-state index is -0.764. The molecule has 0 aliphatic carbocycles. The highest BCUT2D eigenvalue weighted by atomic mass is 16.6. The van der Waals surface area contributed by atoms with Crippen molar-refractivity contribution in [3.8, 4) is 0 Å². The molecule has 0 radical (unpaired) electrons. The van der Waals surface area contributed by atoms with Crippen molar-refractivity contribution in [2.45, 2.75) is 303 Å². The van der Waals surface area contributed by atoms with Crippen molar-refractivity contribution in [1.82, 2.24) is 0 Å². The zero-order valence-electron chi connectivity index (χ0n) is 40.5. The summed E-state index contributed by atoms with van der Waals surface area (Å²) in [5, 5.41) is 0. The largest absolute Gasteiger partial charge is 0.462 e. The van der Waals surface area contributed by atoms with Crippen molar-refractivity contribution in [2.75, 3.05) is 13.2 Å². The van der Waals surface area contributed by atoms with Crippen LogP contribution in [0.25, 0.3) is 0 Å². The van der Waals surface area contributed by atoms with Gasteiger partial charge in [0.15, 0.2) is 6.10 Å². The summed E-state index contributed by atoms with van der Waals surface area (Å²) in [4.78, 5) is 37.9. The number of unbranched alkanes of at least 4 members (excludes halogenated alkanes) is 36. The Morgan fingerprint density at radius 1 is 0.317 bits per heavy atom. The predicted molar refractivity (Wildman–Crippen MR) is 256 cm³/mol. The zero-order valence-corrected chi connectivity index (χ0v) is 40.5. The number of allylic oxidation sites excluding steroid dienone is 2. The van der Waals surface area contributed by atoms with E-state index in [2.05, 4.69) is 32.9 Å². The highest BCUT2D eigenvalue weighted by Gasteiger charge is 2.19. The molecule has 0 aliphatic heterocycles. The molecule has 0 fully saturated rings. The standard InChI is InChI=1S/C54H102O6/c1-4-7-10-13-16-19-22-24-26-27-29-30-32-35-38-41-44-47-53(56)59-50-51(49-58-52(55)46-43-40-37-34-21-18-15-12-9-6-3)60-54(57)48-45-42-39-36-33-31-28-25-23-20-17-14-11-8-5-2/h24,26,51H,4-23,25,27-50H2,1-3H3/b26-24-/t51-/m1/s1. The summed E-state index contributed by atoms with van der Waals surface area (Å²) in [6.07, 6.45) is 54.8. The van der Waals surface area contributed by atoms with E-state index >= 15 is 0 Å². The van der Waals surface area contributed by atoms with Crippen LogP contribution in [0.4, 0.5) is 0 Å². The summed E-state index contributed by atoms with van der Waals surface area (Å²) in [6, 6.07) is 0. The number of carbonyl (C=O) groups is 3. The van der Waals surface area contributed by atoms with Crippen LogP contribution in [0.1, 0.15) is 297 Å². The van der Waals surface area contributed by atoms with Crippen LogP contribution < -0.4 is 0 Å². The van der Waals surface area contributed by atoms with E-state index in [1.165, 1.54) is 199 Å². The molecule has 0 aromatic rings. The lowest BCUT2D eigenvalue weighted by Gasteiger charge is -2.18. The smallest absolute Gasteiger partial charge is 0.306 e. The van der Waals surface area contributed by atoms with Crippen molar-refractivity contribution in [1.29, 1.82) is 0 Å². The quantitative estimate of drug-likeness (QED) is 0.0263. The van der Waals surface area contributed by atoms with Gasteiger partial charge in [-0.2, -0.15) is 0 Å². The Bertz CT molecular complexity index is 931. The normalized spacial score (nSPS) is 12.0. The molecule has 0 unspecified atom stereocenters. The van der Waals surface area contributed by atoms with Crippen LogP contribution in [0.2, 0.25) is 0 Å². The molecule has 0 saturated heterocycles. The first-order chi connectivity index (χ1) is 29.5. The van der Waals surface area contributed by atoms with E-state index in [0.29, 0.717) is 19.3 Å². The first kappa shape index (κ1) is 58.1. The lowest BCUT2D eigenvalue weighted by atomic mass is 10.0. The number of hydrogen-bond donors (Lipinski definition) is 0. The second-order valence-corrected chi connectivity index (χ2v) is 18.2. The van der Waals surface area contributed by atoms with Gasteiger partial charge in [-0.15, -0.1) is 0 Å². The molecule has 0 aromatic carbocycles. The van der Waals surface area contributed by atoms with Crippen LogP contribution in [-0.4, -0.2) is 37.2 Å². The fourth-order valence-corrected chi connectivity index (χ4v) is 7.97. The van der Waals surface area contributed by atoms with Crippen LogP contribution in [0, 0.1) is 0 Å². The fourth-order valence-electron chi connectivity index (χ4n) is 7.97. The highest BCUT2D eigenvalue weighted by molar-refractivity contribution is 5.71. The molecule has 354 valence electrons. The van der Waals surface area contributed by atoms with E-state index in [-0.39, 0.29) is 31.1 Å². The SMILES string of the molecule is CCCCCCCC/C=C\CCCCCCCCCC(=O)OC[C@@H](COC(=O)CCCCCCCCCCCC)OC(=O)CCCCCCCCCCCCCCCCC. The first-order valence-electron chi connectivity index (χ1n) is 26.7. The first-order valence-corrected chi connectivity index (χ1v) is 26.7. The monoisotopic (exact) mass is 847 g/mol. The van der Waals surface area contributed by atoms with E-state index in [1.54, 1.807) is 0 Å². The van der Waals surface area contributed by atoms with Crippen LogP contribution in [0.15, 0.2) is 12.2 Å². The van der Waals surface area contributed by atoms with Crippen LogP contribution in [0.5, 0.6) is 0 Å². The van der Waals surface area contributed by atoms with E-state index in [0.717, 1.165) is 57.8 Å². The average Bonchev–Trinajstić information content (AvgIpc) is 3.24. The number of rotatable bonds is 49. The molecule has 6 heteroatoms. The molecule has 6 nitrogen and oxygen atoms in total. The Morgan fingerprint density at radius 2 is 0.550 bits per heavy atom. The van der Waals surface area contributed by atoms with Gasteiger partial charge in [-0.3, -0.25) is 14.4 Å². The second kappa shape index (κ2) is 49.8. The molecule has 60 heavy (non-hydrogen) atoms. The van der Waals surface area contributed by atoms with E-state index in [4.69, 9.17) is 14.2 Å². The topological polar surface area (TPSA) is 78.9 Å². The summed E-state index contributed by atoms with van der Waals surface area (Å²) in [5.41, 5.74) is 0. The lowest BCUT2D eigenvalue weighted by molar-refractivity contribution is -0.167. The van der Waals surface area contributed by atoms with Gasteiger partial charge in [0.1, 0.15) is 13.2 Å². The molecule has 0 amide bonds. The van der Waals surface area contributed by atoms with Gasteiger partial charge in [-0.05, 0) is 44.9 Å². The Kier molecular flexibility index (Phi) is 48.3. The fraction of sp³-hybridized carbons (Fsp3) is 0.907. The minimum absolute atomic E-state index is 0.0661. The lowest BCUT2D eigenvalue weighted by Crippen LogP contribution is -2.30. The maximum atomic E-state index is 12.8. The van der Waals surface area contributed by atoms with Gasteiger partial charge < -0.3 is 14.2 Å². The summed E-state index contributed by atoms with van der Waals surface area (Å²) in [6.45, 7) is 6.66. The van der Waals surface area contributed by atoms with Crippen LogP contribution in [-0.2, 0) is 28.6 Å². The number of hydrogen-bond acceptors (Lipinski definition) is 6. The summed E-state index contributed by atoms with van der Waals surface area (Å²) in [7, 11) is 0. The van der Waals surface area contributed by atoms with E-state index in [9.17, 15) is 14.4 Å². The van der Waals surface area contributed by atoms with Crippen molar-refractivity contribution in [3.63, 3.8) is 0 Å². The van der Waals surface area contributed by atoms with Crippen LogP contribution in [0.3, 0.4) is 0 Å². The molecular weight excluding hydrogens is 745 g/mol. The Balaban J connectivity index is 4.29. The van der Waals surface area contributed by atoms with Crippen LogP contribution >= 0.6 is 0 Å². The molecule has 0 rings (SSSR count). The molecule has 0 bridgehead atoms. The predicted octanol–water partition coefficient (Wildman–Crippen LogP) is 17.4. The van der Waals surface area contributed by atoms with Crippen molar-refractivity contribution >= 4 is 17.9 Å². The maximum absolute atomic E-state index is 12.8. The van der Waals surface area contributed by atoms with Gasteiger partial charge in [0, 0.05) is 19.3 Å². The third-order valence-corrected chi connectivity index (χ3v) is 12.0. The zero-order chi connectivity index (χ0) is 43.7. The maximum Gasteiger partial charge on any atom is 0.306 e. The molecule has 0 N–H and O–H groups in total. The number of esters is 3. The molecule has 0 heterocycles. The number of ether oxygens (including phenoxy) is 3. The third-order valence-electron chi connectivity index (χ3n) is 12.0. The van der Waals surface area contributed by atoms with Gasteiger partial charge in [-0.25, -0.2) is 0 Å². The molecule has 0 saturated carbocycles. The highest BCUT2D eigenvalue weighted by Crippen LogP contribution is 2.16. The van der Waals surface area contributed by atoms with E-state index < -0.39 is 6.10 Å². The van der Waals surface area contributed by atoms with Crippen molar-refractivity contribution < 1.29 is 28.6 Å². The van der Waals surface area contributed by atoms with Gasteiger partial charge >= 0.3 is 17.9 Å². The van der Waals surface area contributed by atoms with Gasteiger partial charge in [0.25, 0.3) is 0 Å². The summed E-state index contributed by atoms with van der Waals surface area (Å²) >= 11 is 0. The van der Waals surface area contributed by atoms with Crippen molar-refractivity contribution in [3.05, 3.63) is 12.2 Å². The van der Waals surface area contributed by atoms with Gasteiger partial charge in [0.05, 0.1) is 0 Å². The minimum Gasteiger partial charge on any atom is -0.462 e. The Labute approximate surface area is 373 Å². The average molecular weight is 847 g/mol. The molecule has 0 aromatic heterocycles. The number of carbonyl (C=O) groups excluding carboxylic acids is 3. The summed E-state index contributed by atoms with van der Waals surface area (Å²) < 4.78 is 16.8. The van der Waals surface area contributed by atoms with Gasteiger partial charge in [0.2, 0.25) is 0 Å². The Hall–Kier alpha value is -1.85. The Morgan fingerprint density at radius 3 is 0.833 bits per heavy atom. The molecular formula is C54H102O6. The summed E-state index contributed by atoms with van der Waals surface area (Å²) in [5.74, 6) is -0.854. The molecule has 1 atom stereocenters. The van der Waals surface area contributed by atoms with E-state index in [1.807, 2.05) is 0 Å². The van der Waals surface area contributed by atoms with Gasteiger partial charge in [-0.1, -0.05) is 245 Å².